The van der Waals surface area contributed by atoms with Crippen molar-refractivity contribution in [3.8, 4) is 11.4 Å². The number of hydrogen-bond donors (Lipinski definition) is 2. The molecule has 0 spiro atoms. The number of amides is 1. The maximum atomic E-state index is 12.7. The molecule has 0 saturated heterocycles. The van der Waals surface area contributed by atoms with Crippen molar-refractivity contribution in [3.63, 3.8) is 0 Å². The van der Waals surface area contributed by atoms with Crippen LogP contribution >= 0.6 is 0 Å². The van der Waals surface area contributed by atoms with Gasteiger partial charge < -0.3 is 15.5 Å². The quantitative estimate of drug-likeness (QED) is 0.801. The summed E-state index contributed by atoms with van der Waals surface area (Å²) in [5.41, 5.74) is 1.32. The molecule has 1 aromatic heterocycles. The minimum absolute atomic E-state index is 0.118. The normalized spacial score (nSPS) is 14.6. The summed E-state index contributed by atoms with van der Waals surface area (Å²) in [7, 11) is 4.05. The van der Waals surface area contributed by atoms with Crippen molar-refractivity contribution in [3.05, 3.63) is 42.1 Å². The van der Waals surface area contributed by atoms with Crippen molar-refractivity contribution < 1.29 is 4.79 Å². The molecule has 0 unspecified atom stereocenters. The molecule has 1 heterocycles. The molecular formula is C20H27N5O. The van der Waals surface area contributed by atoms with E-state index in [2.05, 4.69) is 25.5 Å². The monoisotopic (exact) mass is 353 g/mol. The third-order valence-corrected chi connectivity index (χ3v) is 4.55. The maximum absolute atomic E-state index is 12.7. The van der Waals surface area contributed by atoms with Crippen molar-refractivity contribution in [2.45, 2.75) is 31.7 Å². The number of carbonyl (C=O) groups excluding carboxylic acids is 1. The van der Waals surface area contributed by atoms with E-state index in [1.807, 2.05) is 44.4 Å². The first kappa shape index (κ1) is 18.3. The Morgan fingerprint density at radius 2 is 1.88 bits per heavy atom. The van der Waals surface area contributed by atoms with Crippen molar-refractivity contribution in [2.24, 2.45) is 0 Å². The van der Waals surface area contributed by atoms with Gasteiger partial charge in [0.1, 0.15) is 11.5 Å². The van der Waals surface area contributed by atoms with Gasteiger partial charge in [-0.05, 0) is 26.9 Å². The van der Waals surface area contributed by atoms with Gasteiger partial charge in [-0.1, -0.05) is 43.2 Å². The topological polar surface area (TPSA) is 70.2 Å². The van der Waals surface area contributed by atoms with E-state index in [-0.39, 0.29) is 11.9 Å². The fourth-order valence-corrected chi connectivity index (χ4v) is 3.11. The van der Waals surface area contributed by atoms with Crippen LogP contribution in [0.25, 0.3) is 11.4 Å². The average Bonchev–Trinajstić information content (AvgIpc) is 3.15. The number of aromatic nitrogens is 2. The lowest BCUT2D eigenvalue weighted by molar-refractivity contribution is 0.0933. The van der Waals surface area contributed by atoms with Crippen LogP contribution in [0.5, 0.6) is 0 Å². The van der Waals surface area contributed by atoms with Gasteiger partial charge in [0, 0.05) is 30.8 Å². The Balaban J connectivity index is 1.82. The summed E-state index contributed by atoms with van der Waals surface area (Å²) in [6.45, 7) is 1.64. The fraction of sp³-hybridized carbons (Fsp3) is 0.450. The number of likely N-dealkylation sites (N-methyl/N-ethyl adjacent to an activating group) is 1. The van der Waals surface area contributed by atoms with Gasteiger partial charge in [0.25, 0.3) is 5.91 Å². The lowest BCUT2D eigenvalue weighted by Gasteiger charge is -2.14. The van der Waals surface area contributed by atoms with Crippen LogP contribution in [0.15, 0.2) is 36.4 Å². The molecule has 0 bridgehead atoms. The number of carbonyl (C=O) groups is 1. The molecule has 6 nitrogen and oxygen atoms in total. The SMILES string of the molecule is CN(C)CCNc1cc(C(=O)NC2CCCC2)nc(-c2ccccc2)n1. The minimum Gasteiger partial charge on any atom is -0.369 e. The first-order valence-electron chi connectivity index (χ1n) is 9.26. The van der Waals surface area contributed by atoms with Crippen LogP contribution in [-0.4, -0.2) is 54.0 Å². The Morgan fingerprint density at radius 3 is 2.58 bits per heavy atom. The highest BCUT2D eigenvalue weighted by Gasteiger charge is 2.20. The molecule has 2 aromatic rings. The third-order valence-electron chi connectivity index (χ3n) is 4.55. The Bertz CT molecular complexity index is 726. The lowest BCUT2D eigenvalue weighted by Crippen LogP contribution is -2.33. The molecule has 26 heavy (non-hydrogen) atoms. The zero-order valence-corrected chi connectivity index (χ0v) is 15.5. The van der Waals surface area contributed by atoms with Gasteiger partial charge in [-0.15, -0.1) is 0 Å². The molecule has 1 aliphatic rings. The molecule has 1 aliphatic carbocycles. The van der Waals surface area contributed by atoms with E-state index in [0.717, 1.165) is 31.5 Å². The Kier molecular flexibility index (Phi) is 6.17. The smallest absolute Gasteiger partial charge is 0.270 e. The van der Waals surface area contributed by atoms with E-state index in [1.54, 1.807) is 6.07 Å². The Labute approximate surface area is 155 Å². The van der Waals surface area contributed by atoms with Gasteiger partial charge in [-0.3, -0.25) is 4.79 Å². The van der Waals surface area contributed by atoms with E-state index >= 15 is 0 Å². The van der Waals surface area contributed by atoms with Crippen LogP contribution in [0.1, 0.15) is 36.2 Å². The second kappa shape index (κ2) is 8.76. The summed E-state index contributed by atoms with van der Waals surface area (Å²) in [6.07, 6.45) is 4.47. The molecule has 6 heteroatoms. The number of anilines is 1. The predicted octanol–water partition coefficient (Wildman–Crippen LogP) is 2.79. The van der Waals surface area contributed by atoms with Crippen LogP contribution in [-0.2, 0) is 0 Å². The van der Waals surface area contributed by atoms with Crippen LogP contribution < -0.4 is 10.6 Å². The van der Waals surface area contributed by atoms with Gasteiger partial charge in [0.15, 0.2) is 5.82 Å². The van der Waals surface area contributed by atoms with E-state index in [4.69, 9.17) is 0 Å². The Hall–Kier alpha value is -2.47. The molecule has 0 atom stereocenters. The van der Waals surface area contributed by atoms with Gasteiger partial charge in [-0.25, -0.2) is 9.97 Å². The van der Waals surface area contributed by atoms with Gasteiger partial charge in [-0.2, -0.15) is 0 Å². The van der Waals surface area contributed by atoms with E-state index in [9.17, 15) is 4.79 Å². The highest BCUT2D eigenvalue weighted by Crippen LogP contribution is 2.20. The number of nitrogens with zero attached hydrogens (tertiary/aromatic N) is 3. The molecule has 1 aromatic carbocycles. The standard InChI is InChI=1S/C20H27N5O/c1-25(2)13-12-21-18-14-17(20(26)22-16-10-6-7-11-16)23-19(24-18)15-8-4-3-5-9-15/h3-5,8-9,14,16H,6-7,10-13H2,1-2H3,(H,22,26)(H,21,23,24). The van der Waals surface area contributed by atoms with Crippen LogP contribution in [0.3, 0.4) is 0 Å². The van der Waals surface area contributed by atoms with E-state index in [0.29, 0.717) is 17.3 Å². The lowest BCUT2D eigenvalue weighted by atomic mass is 10.2. The molecule has 138 valence electrons. The van der Waals surface area contributed by atoms with E-state index < -0.39 is 0 Å². The molecule has 3 rings (SSSR count). The Morgan fingerprint density at radius 1 is 1.15 bits per heavy atom. The second-order valence-electron chi connectivity index (χ2n) is 7.01. The first-order chi connectivity index (χ1) is 12.6. The highest BCUT2D eigenvalue weighted by molar-refractivity contribution is 5.93. The predicted molar refractivity (Wildman–Crippen MR) is 104 cm³/mol. The summed E-state index contributed by atoms with van der Waals surface area (Å²) < 4.78 is 0. The summed E-state index contributed by atoms with van der Waals surface area (Å²) in [5, 5.41) is 6.41. The third kappa shape index (κ3) is 5.02. The van der Waals surface area contributed by atoms with Crippen molar-refractivity contribution in [2.75, 3.05) is 32.5 Å². The van der Waals surface area contributed by atoms with E-state index in [1.165, 1.54) is 12.8 Å². The van der Waals surface area contributed by atoms with Gasteiger partial charge >= 0.3 is 0 Å². The molecule has 1 saturated carbocycles. The average molecular weight is 353 g/mol. The van der Waals surface area contributed by atoms with Crippen molar-refractivity contribution >= 4 is 11.7 Å². The molecule has 1 amide bonds. The number of hydrogen-bond acceptors (Lipinski definition) is 5. The number of benzene rings is 1. The summed E-state index contributed by atoms with van der Waals surface area (Å²) in [5.74, 6) is 1.13. The van der Waals surface area contributed by atoms with Crippen LogP contribution in [0.2, 0.25) is 0 Å². The van der Waals surface area contributed by atoms with Gasteiger partial charge in [0.05, 0.1) is 0 Å². The largest absolute Gasteiger partial charge is 0.369 e. The zero-order chi connectivity index (χ0) is 18.4. The molecule has 1 fully saturated rings. The van der Waals surface area contributed by atoms with Gasteiger partial charge in [0.2, 0.25) is 0 Å². The molecule has 2 N–H and O–H groups in total. The zero-order valence-electron chi connectivity index (χ0n) is 15.5. The van der Waals surface area contributed by atoms with Crippen LogP contribution in [0.4, 0.5) is 5.82 Å². The first-order valence-corrected chi connectivity index (χ1v) is 9.26. The number of nitrogens with one attached hydrogen (secondary N) is 2. The number of rotatable bonds is 7. The van der Waals surface area contributed by atoms with Crippen LogP contribution in [0, 0.1) is 0 Å². The molecule has 0 aliphatic heterocycles. The summed E-state index contributed by atoms with van der Waals surface area (Å²) in [6, 6.07) is 11.8. The second-order valence-corrected chi connectivity index (χ2v) is 7.01. The minimum atomic E-state index is -0.118. The van der Waals surface area contributed by atoms with Crippen molar-refractivity contribution in [1.29, 1.82) is 0 Å². The summed E-state index contributed by atoms with van der Waals surface area (Å²) >= 11 is 0. The fourth-order valence-electron chi connectivity index (χ4n) is 3.11. The van der Waals surface area contributed by atoms with Crippen molar-refractivity contribution in [1.82, 2.24) is 20.2 Å². The highest BCUT2D eigenvalue weighted by atomic mass is 16.1. The summed E-state index contributed by atoms with van der Waals surface area (Å²) in [4.78, 5) is 23.9. The maximum Gasteiger partial charge on any atom is 0.270 e. The molecular weight excluding hydrogens is 326 g/mol. The molecule has 0 radical (unpaired) electrons.